The van der Waals surface area contributed by atoms with Crippen LogP contribution in [0.3, 0.4) is 0 Å². The number of carbonyl (C=O) groups is 1. The molecule has 0 saturated carbocycles. The number of ether oxygens (including phenoxy) is 1. The van der Waals surface area contributed by atoms with Crippen molar-refractivity contribution in [1.29, 1.82) is 0 Å². The van der Waals surface area contributed by atoms with E-state index in [1.165, 1.54) is 7.11 Å². The number of nitrogens with zero attached hydrogens (tertiary/aromatic N) is 1. The molecular weight excluding hydrogens is 194 g/mol. The summed E-state index contributed by atoms with van der Waals surface area (Å²) in [4.78, 5) is 15.7. The lowest BCUT2D eigenvalue weighted by molar-refractivity contribution is -0.150. The second-order valence-electron chi connectivity index (χ2n) is 4.29. The minimum atomic E-state index is -0.567. The van der Waals surface area contributed by atoms with Gasteiger partial charge in [-0.25, -0.2) is 4.98 Å². The van der Waals surface area contributed by atoms with E-state index >= 15 is 0 Å². The van der Waals surface area contributed by atoms with Crippen LogP contribution in [0.25, 0.3) is 0 Å². The maximum atomic E-state index is 11.5. The number of aromatic nitrogens is 1. The molecule has 0 bridgehead atoms. The summed E-state index contributed by atoms with van der Waals surface area (Å²) in [7, 11) is 1.39. The monoisotopic (exact) mass is 211 g/mol. The van der Waals surface area contributed by atoms with Crippen LogP contribution in [-0.4, -0.2) is 18.1 Å². The first-order valence-corrected chi connectivity index (χ1v) is 4.88. The maximum absolute atomic E-state index is 11.5. The van der Waals surface area contributed by atoms with Gasteiger partial charge in [-0.3, -0.25) is 4.79 Å². The van der Waals surface area contributed by atoms with Crippen molar-refractivity contribution < 1.29 is 13.9 Å². The van der Waals surface area contributed by atoms with E-state index in [0.29, 0.717) is 12.3 Å². The molecule has 0 atom stereocenters. The standard InChI is InChI=1S/C11H17NO3/c1-7-9(12-8(2)15-7)6-11(3,4)10(13)14-5/h6H2,1-5H3. The molecule has 0 aliphatic carbocycles. The molecule has 0 amide bonds. The summed E-state index contributed by atoms with van der Waals surface area (Å²) in [5, 5.41) is 0. The molecule has 1 aromatic rings. The van der Waals surface area contributed by atoms with Gasteiger partial charge in [0.1, 0.15) is 5.76 Å². The Kier molecular flexibility index (Phi) is 3.17. The zero-order chi connectivity index (χ0) is 11.6. The zero-order valence-corrected chi connectivity index (χ0v) is 9.88. The van der Waals surface area contributed by atoms with Gasteiger partial charge in [0.25, 0.3) is 0 Å². The number of rotatable bonds is 3. The van der Waals surface area contributed by atoms with Gasteiger partial charge in [-0.2, -0.15) is 0 Å². The van der Waals surface area contributed by atoms with E-state index in [9.17, 15) is 4.79 Å². The molecule has 84 valence electrons. The van der Waals surface area contributed by atoms with Crippen LogP contribution in [0.1, 0.15) is 31.2 Å². The van der Waals surface area contributed by atoms with E-state index in [1.807, 2.05) is 20.8 Å². The van der Waals surface area contributed by atoms with Crippen molar-refractivity contribution in [2.45, 2.75) is 34.1 Å². The van der Waals surface area contributed by atoms with Crippen LogP contribution in [-0.2, 0) is 16.0 Å². The van der Waals surface area contributed by atoms with Gasteiger partial charge in [0.05, 0.1) is 18.2 Å². The van der Waals surface area contributed by atoms with Crippen LogP contribution in [0.4, 0.5) is 0 Å². The molecule has 0 aromatic carbocycles. The third kappa shape index (κ3) is 2.58. The predicted octanol–water partition coefficient (Wildman–Crippen LogP) is 2.03. The second kappa shape index (κ2) is 4.04. The molecule has 1 aromatic heterocycles. The first-order valence-electron chi connectivity index (χ1n) is 4.88. The Morgan fingerprint density at radius 2 is 2.07 bits per heavy atom. The first kappa shape index (κ1) is 11.8. The number of aryl methyl sites for hydroxylation is 2. The van der Waals surface area contributed by atoms with Crippen molar-refractivity contribution in [3.05, 3.63) is 17.3 Å². The zero-order valence-electron chi connectivity index (χ0n) is 9.88. The van der Waals surface area contributed by atoms with Gasteiger partial charge in [0.2, 0.25) is 0 Å². The lowest BCUT2D eigenvalue weighted by Crippen LogP contribution is -2.28. The van der Waals surface area contributed by atoms with Crippen LogP contribution in [0.5, 0.6) is 0 Å². The van der Waals surface area contributed by atoms with Crippen LogP contribution in [0.15, 0.2) is 4.42 Å². The molecule has 4 heteroatoms. The van der Waals surface area contributed by atoms with Crippen LogP contribution < -0.4 is 0 Å². The average Bonchev–Trinajstić information content (AvgIpc) is 2.43. The van der Waals surface area contributed by atoms with Crippen molar-refractivity contribution in [3.63, 3.8) is 0 Å². The lowest BCUT2D eigenvalue weighted by Gasteiger charge is -2.19. The van der Waals surface area contributed by atoms with E-state index in [1.54, 1.807) is 6.92 Å². The first-order chi connectivity index (χ1) is 6.86. The molecule has 1 rings (SSSR count). The van der Waals surface area contributed by atoms with Crippen molar-refractivity contribution in [2.75, 3.05) is 7.11 Å². The van der Waals surface area contributed by atoms with Gasteiger partial charge in [-0.05, 0) is 20.8 Å². The Balaban J connectivity index is 2.85. The minimum absolute atomic E-state index is 0.234. The van der Waals surface area contributed by atoms with Crippen LogP contribution >= 0.6 is 0 Å². The van der Waals surface area contributed by atoms with E-state index in [4.69, 9.17) is 9.15 Å². The second-order valence-corrected chi connectivity index (χ2v) is 4.29. The maximum Gasteiger partial charge on any atom is 0.311 e. The van der Waals surface area contributed by atoms with E-state index in [-0.39, 0.29) is 5.97 Å². The Bertz CT molecular complexity index is 366. The van der Waals surface area contributed by atoms with Gasteiger partial charge >= 0.3 is 5.97 Å². The predicted molar refractivity (Wildman–Crippen MR) is 55.5 cm³/mol. The number of carbonyl (C=O) groups excluding carboxylic acids is 1. The normalized spacial score (nSPS) is 11.5. The highest BCUT2D eigenvalue weighted by Crippen LogP contribution is 2.24. The van der Waals surface area contributed by atoms with Crippen molar-refractivity contribution in [1.82, 2.24) is 4.98 Å². The molecule has 4 nitrogen and oxygen atoms in total. The fraction of sp³-hybridized carbons (Fsp3) is 0.636. The van der Waals surface area contributed by atoms with Gasteiger partial charge in [0, 0.05) is 13.3 Å². The molecule has 0 unspecified atom stereocenters. The van der Waals surface area contributed by atoms with Gasteiger partial charge in [-0.1, -0.05) is 0 Å². The van der Waals surface area contributed by atoms with E-state index in [2.05, 4.69) is 4.98 Å². The minimum Gasteiger partial charge on any atom is -0.469 e. The molecule has 0 saturated heterocycles. The Labute approximate surface area is 89.6 Å². The summed E-state index contributed by atoms with van der Waals surface area (Å²) < 4.78 is 10.0. The largest absolute Gasteiger partial charge is 0.469 e. The highest BCUT2D eigenvalue weighted by molar-refractivity contribution is 5.76. The van der Waals surface area contributed by atoms with Crippen molar-refractivity contribution in [2.24, 2.45) is 5.41 Å². The van der Waals surface area contributed by atoms with Crippen molar-refractivity contribution >= 4 is 5.97 Å². The third-order valence-electron chi connectivity index (χ3n) is 2.35. The number of methoxy groups -OCH3 is 1. The quantitative estimate of drug-likeness (QED) is 0.718. The number of esters is 1. The highest BCUT2D eigenvalue weighted by atomic mass is 16.5. The number of oxazole rings is 1. The van der Waals surface area contributed by atoms with Gasteiger partial charge in [0.15, 0.2) is 5.89 Å². The molecule has 0 N–H and O–H groups in total. The van der Waals surface area contributed by atoms with Gasteiger partial charge < -0.3 is 9.15 Å². The topological polar surface area (TPSA) is 52.3 Å². The average molecular weight is 211 g/mol. The Morgan fingerprint density at radius 3 is 2.47 bits per heavy atom. The molecule has 0 radical (unpaired) electrons. The molecule has 0 aliphatic heterocycles. The SMILES string of the molecule is COC(=O)C(C)(C)Cc1nc(C)oc1C. The van der Waals surface area contributed by atoms with E-state index in [0.717, 1.165) is 11.5 Å². The molecular formula is C11H17NO3. The number of hydrogen-bond donors (Lipinski definition) is 0. The lowest BCUT2D eigenvalue weighted by atomic mass is 9.87. The van der Waals surface area contributed by atoms with Crippen LogP contribution in [0.2, 0.25) is 0 Å². The summed E-state index contributed by atoms with van der Waals surface area (Å²) in [6.07, 6.45) is 0.531. The third-order valence-corrected chi connectivity index (χ3v) is 2.35. The summed E-state index contributed by atoms with van der Waals surface area (Å²) in [6, 6.07) is 0. The van der Waals surface area contributed by atoms with E-state index < -0.39 is 5.41 Å². The molecule has 0 fully saturated rings. The fourth-order valence-corrected chi connectivity index (χ4v) is 1.50. The summed E-state index contributed by atoms with van der Waals surface area (Å²) >= 11 is 0. The Hall–Kier alpha value is -1.32. The van der Waals surface area contributed by atoms with Crippen molar-refractivity contribution in [3.8, 4) is 0 Å². The molecule has 0 aliphatic rings. The summed E-state index contributed by atoms with van der Waals surface area (Å²) in [5.41, 5.74) is 0.255. The summed E-state index contributed by atoms with van der Waals surface area (Å²) in [6.45, 7) is 7.31. The molecule has 15 heavy (non-hydrogen) atoms. The molecule has 1 heterocycles. The smallest absolute Gasteiger partial charge is 0.311 e. The van der Waals surface area contributed by atoms with Gasteiger partial charge in [-0.15, -0.1) is 0 Å². The van der Waals surface area contributed by atoms with Crippen LogP contribution in [0, 0.1) is 19.3 Å². The fourth-order valence-electron chi connectivity index (χ4n) is 1.50. The summed E-state index contributed by atoms with van der Waals surface area (Å²) in [5.74, 6) is 1.16. The number of hydrogen-bond acceptors (Lipinski definition) is 4. The Morgan fingerprint density at radius 1 is 1.47 bits per heavy atom. The molecule has 0 spiro atoms. The highest BCUT2D eigenvalue weighted by Gasteiger charge is 2.30.